The van der Waals surface area contributed by atoms with E-state index in [2.05, 4.69) is 10.2 Å². The maximum absolute atomic E-state index is 14.3. The Morgan fingerprint density at radius 3 is 1.95 bits per heavy atom. The summed E-state index contributed by atoms with van der Waals surface area (Å²) in [6, 6.07) is 4.72. The van der Waals surface area contributed by atoms with Crippen LogP contribution in [0, 0.1) is 5.82 Å². The fourth-order valence-electron chi connectivity index (χ4n) is 4.19. The zero-order valence-electron chi connectivity index (χ0n) is 22.0. The zero-order chi connectivity index (χ0) is 30.5. The Morgan fingerprint density at radius 2 is 1.49 bits per heavy atom. The minimum Gasteiger partial charge on any atom is -0.397 e. The minimum atomic E-state index is -4.74. The molecule has 3 N–H and O–H groups in total. The van der Waals surface area contributed by atoms with Crippen LogP contribution in [0.25, 0.3) is 22.0 Å². The van der Waals surface area contributed by atoms with Crippen molar-refractivity contribution in [2.45, 2.75) is 50.9 Å². The molecule has 1 saturated carbocycles. The number of benzene rings is 1. The van der Waals surface area contributed by atoms with Crippen LogP contribution in [-0.2, 0) is 26.4 Å². The van der Waals surface area contributed by atoms with Gasteiger partial charge in [0.05, 0.1) is 23.0 Å². The summed E-state index contributed by atoms with van der Waals surface area (Å²) in [7, 11) is 2.67. The molecule has 0 bridgehead atoms. The van der Waals surface area contributed by atoms with Crippen LogP contribution in [0.15, 0.2) is 46.2 Å². The molecular weight excluding hydrogens is 561 g/mol. The number of pyridine rings is 1. The first-order valence-electron chi connectivity index (χ1n) is 12.4. The summed E-state index contributed by atoms with van der Waals surface area (Å²) >= 11 is 0. The minimum absolute atomic E-state index is 0.0862. The lowest BCUT2D eigenvalue weighted by atomic mass is 10.0. The third-order valence-electron chi connectivity index (χ3n) is 6.28. The van der Waals surface area contributed by atoms with Gasteiger partial charge in [-0.15, -0.1) is 0 Å². The van der Waals surface area contributed by atoms with Crippen molar-refractivity contribution in [1.29, 1.82) is 0 Å². The van der Waals surface area contributed by atoms with Crippen molar-refractivity contribution in [2.75, 3.05) is 5.73 Å². The molecule has 3 heterocycles. The molecule has 0 saturated heterocycles. The van der Waals surface area contributed by atoms with Gasteiger partial charge in [0.15, 0.2) is 0 Å². The molecule has 0 spiro atoms. The molecule has 41 heavy (non-hydrogen) atoms. The normalized spacial score (nSPS) is 13.7. The Balaban J connectivity index is 0.000000212. The van der Waals surface area contributed by atoms with Crippen molar-refractivity contribution in [1.82, 2.24) is 24.5 Å². The molecule has 0 unspecified atom stereocenters. The van der Waals surface area contributed by atoms with Crippen LogP contribution in [0.3, 0.4) is 0 Å². The summed E-state index contributed by atoms with van der Waals surface area (Å²) in [6.07, 6.45) is 1.93. The number of H-pyrrole nitrogens is 1. The highest BCUT2D eigenvalue weighted by Gasteiger charge is 2.37. The first kappa shape index (κ1) is 31.4. The van der Waals surface area contributed by atoms with Crippen molar-refractivity contribution in [3.63, 3.8) is 0 Å². The highest BCUT2D eigenvalue weighted by Crippen LogP contribution is 2.33. The van der Waals surface area contributed by atoms with E-state index < -0.39 is 40.7 Å². The molecule has 0 atom stereocenters. The van der Waals surface area contributed by atoms with E-state index in [4.69, 9.17) is 5.73 Å². The van der Waals surface area contributed by atoms with E-state index in [9.17, 15) is 40.3 Å². The Morgan fingerprint density at radius 1 is 0.902 bits per heavy atom. The maximum atomic E-state index is 14.3. The SMILES string of the molecule is C1CCCCC1.Cn1nc(-c2cc3ccn(C)c(=O)c3cc2F)cc1C(F)(F)F.Nc1cn[nH]c(=O)c1C(F)(F)F. The number of rotatable bonds is 1. The third-order valence-corrected chi connectivity index (χ3v) is 6.28. The predicted octanol–water partition coefficient (Wildman–Crippen LogP) is 5.81. The molecule has 1 aliphatic carbocycles. The van der Waals surface area contributed by atoms with Crippen LogP contribution < -0.4 is 16.9 Å². The van der Waals surface area contributed by atoms with Gasteiger partial charge in [0.25, 0.3) is 11.1 Å². The molecule has 5 rings (SSSR count). The van der Waals surface area contributed by atoms with Crippen LogP contribution in [0.5, 0.6) is 0 Å². The molecule has 1 aromatic carbocycles. The predicted molar refractivity (Wildman–Crippen MR) is 138 cm³/mol. The number of halogens is 7. The van der Waals surface area contributed by atoms with Crippen LogP contribution in [0.1, 0.15) is 49.8 Å². The standard InChI is InChI=1S/C15H11F4N3O.C6H12.C5H4F3N3O/c1-21-4-3-8-5-10(11(16)6-9(8)14(21)23)12-7-13(15(17,18)19)22(2)20-12;1-2-4-6-5-3-1;6-5(7,8)3-2(9)1-10-11-4(3)12/h3-7H,1-2H3;1-6H2;1H,(H3,9,11,12). The number of hydrogen-bond donors (Lipinski definition) is 2. The summed E-state index contributed by atoms with van der Waals surface area (Å²) in [4.78, 5) is 22.5. The summed E-state index contributed by atoms with van der Waals surface area (Å²) in [5, 5.41) is 9.06. The molecule has 0 radical (unpaired) electrons. The topological polar surface area (TPSA) is 112 Å². The molecule has 15 heteroatoms. The second-order valence-electron chi connectivity index (χ2n) is 9.34. The smallest absolute Gasteiger partial charge is 0.397 e. The molecule has 8 nitrogen and oxygen atoms in total. The van der Waals surface area contributed by atoms with Gasteiger partial charge in [-0.05, 0) is 29.7 Å². The number of aryl methyl sites for hydroxylation is 2. The maximum Gasteiger partial charge on any atom is 0.433 e. The summed E-state index contributed by atoms with van der Waals surface area (Å²) in [5.74, 6) is -0.798. The number of aromatic nitrogens is 5. The van der Waals surface area contributed by atoms with Crippen molar-refractivity contribution in [2.24, 2.45) is 14.1 Å². The van der Waals surface area contributed by atoms with Crippen LogP contribution in [0.2, 0.25) is 0 Å². The van der Waals surface area contributed by atoms with Gasteiger partial charge in [0.2, 0.25) is 0 Å². The van der Waals surface area contributed by atoms with Gasteiger partial charge >= 0.3 is 12.4 Å². The number of anilines is 1. The van der Waals surface area contributed by atoms with Crippen molar-refractivity contribution >= 4 is 16.5 Å². The Bertz CT molecular complexity index is 1600. The van der Waals surface area contributed by atoms with E-state index in [-0.39, 0.29) is 22.2 Å². The number of hydrogen-bond acceptors (Lipinski definition) is 5. The number of alkyl halides is 6. The van der Waals surface area contributed by atoms with E-state index >= 15 is 0 Å². The molecule has 0 aliphatic heterocycles. The van der Waals surface area contributed by atoms with E-state index in [0.29, 0.717) is 10.1 Å². The van der Waals surface area contributed by atoms with E-state index in [1.807, 2.05) is 0 Å². The number of aromatic amines is 1. The highest BCUT2D eigenvalue weighted by atomic mass is 19.4. The Kier molecular flexibility index (Phi) is 9.61. The van der Waals surface area contributed by atoms with Crippen molar-refractivity contribution in [3.8, 4) is 11.3 Å². The largest absolute Gasteiger partial charge is 0.433 e. The summed E-state index contributed by atoms with van der Waals surface area (Å²) in [6.45, 7) is 0. The average Bonchev–Trinajstić information content (AvgIpc) is 3.29. The van der Waals surface area contributed by atoms with Gasteiger partial charge in [-0.3, -0.25) is 14.3 Å². The zero-order valence-corrected chi connectivity index (χ0v) is 22.0. The highest BCUT2D eigenvalue weighted by molar-refractivity contribution is 5.86. The molecule has 0 amide bonds. The number of nitrogen functional groups attached to an aromatic ring is 1. The van der Waals surface area contributed by atoms with Gasteiger partial charge in [-0.25, -0.2) is 9.49 Å². The second kappa shape index (κ2) is 12.6. The van der Waals surface area contributed by atoms with Crippen LogP contribution >= 0.6 is 0 Å². The number of nitrogens with zero attached hydrogens (tertiary/aromatic N) is 4. The second-order valence-corrected chi connectivity index (χ2v) is 9.34. The van der Waals surface area contributed by atoms with Gasteiger partial charge in [-0.2, -0.15) is 36.5 Å². The summed E-state index contributed by atoms with van der Waals surface area (Å²) in [5.41, 5.74) is -0.0913. The number of fused-ring (bicyclic) bond motifs is 1. The monoisotopic (exact) mass is 588 g/mol. The molecule has 3 aromatic heterocycles. The Hall–Kier alpha value is -4.17. The van der Waals surface area contributed by atoms with Crippen molar-refractivity contribution in [3.05, 3.63) is 74.4 Å². The lowest BCUT2D eigenvalue weighted by Crippen LogP contribution is -2.24. The molecule has 4 aromatic rings. The quantitative estimate of drug-likeness (QED) is 0.273. The lowest BCUT2D eigenvalue weighted by Gasteiger charge is -2.06. The molecular formula is C26H27F7N6O2. The Labute approximate surface area is 228 Å². The van der Waals surface area contributed by atoms with E-state index in [1.165, 1.54) is 62.4 Å². The van der Waals surface area contributed by atoms with Gasteiger partial charge < -0.3 is 10.3 Å². The van der Waals surface area contributed by atoms with Crippen molar-refractivity contribution < 1.29 is 30.7 Å². The molecule has 1 aliphatic rings. The van der Waals surface area contributed by atoms with E-state index in [0.717, 1.165) is 25.4 Å². The number of nitrogens with one attached hydrogen (secondary N) is 1. The number of nitrogens with two attached hydrogens (primary N) is 1. The van der Waals surface area contributed by atoms with Gasteiger partial charge in [0, 0.05) is 25.9 Å². The first-order chi connectivity index (χ1) is 19.1. The van der Waals surface area contributed by atoms with E-state index in [1.54, 1.807) is 11.2 Å². The fourth-order valence-corrected chi connectivity index (χ4v) is 4.19. The van der Waals surface area contributed by atoms with Gasteiger partial charge in [-0.1, -0.05) is 38.5 Å². The van der Waals surface area contributed by atoms with Gasteiger partial charge in [0.1, 0.15) is 17.1 Å². The third kappa shape index (κ3) is 7.73. The molecule has 222 valence electrons. The first-order valence-corrected chi connectivity index (χ1v) is 12.4. The van der Waals surface area contributed by atoms with Crippen LogP contribution in [0.4, 0.5) is 36.4 Å². The lowest BCUT2D eigenvalue weighted by molar-refractivity contribution is -0.143. The average molecular weight is 589 g/mol. The van der Waals surface area contributed by atoms with Crippen LogP contribution in [-0.4, -0.2) is 24.5 Å². The fraction of sp³-hybridized carbons (Fsp3) is 0.385. The molecule has 1 fully saturated rings. The summed E-state index contributed by atoms with van der Waals surface area (Å²) < 4.78 is 90.7.